The van der Waals surface area contributed by atoms with Crippen LogP contribution in [0.15, 0.2) is 67.0 Å². The molecular formula is C26H30N4O2. The molecule has 0 spiro atoms. The van der Waals surface area contributed by atoms with Crippen LogP contribution in [-0.2, 0) is 4.79 Å². The number of hydrogen-bond donors (Lipinski definition) is 0. The number of carbonyl (C=O) groups is 1. The van der Waals surface area contributed by atoms with Gasteiger partial charge in [0.05, 0.1) is 5.92 Å². The SMILES string of the molecule is CCC(C(=O)N1CCN(c2cc(Oc3ccccc3C)ncn2)CC1C)c1ccccc1. The van der Waals surface area contributed by atoms with Crippen molar-refractivity contribution in [2.45, 2.75) is 39.2 Å². The quantitative estimate of drug-likeness (QED) is 0.562. The van der Waals surface area contributed by atoms with Gasteiger partial charge in [0.2, 0.25) is 11.8 Å². The van der Waals surface area contributed by atoms with Gasteiger partial charge in [0.15, 0.2) is 0 Å². The van der Waals surface area contributed by atoms with Gasteiger partial charge in [-0.25, -0.2) is 9.97 Å². The van der Waals surface area contributed by atoms with E-state index >= 15 is 0 Å². The van der Waals surface area contributed by atoms with Crippen LogP contribution < -0.4 is 9.64 Å². The Hall–Kier alpha value is -3.41. The second-order valence-electron chi connectivity index (χ2n) is 8.28. The summed E-state index contributed by atoms with van der Waals surface area (Å²) in [6.45, 7) is 8.30. The molecule has 2 atom stereocenters. The molecule has 0 N–H and O–H groups in total. The zero-order valence-electron chi connectivity index (χ0n) is 18.9. The second kappa shape index (κ2) is 9.81. The number of anilines is 1. The van der Waals surface area contributed by atoms with Crippen molar-refractivity contribution in [1.29, 1.82) is 0 Å². The van der Waals surface area contributed by atoms with E-state index in [2.05, 4.69) is 28.7 Å². The molecule has 2 heterocycles. The highest BCUT2D eigenvalue weighted by Crippen LogP contribution is 2.28. The predicted molar refractivity (Wildman–Crippen MR) is 126 cm³/mol. The maximum Gasteiger partial charge on any atom is 0.230 e. The summed E-state index contributed by atoms with van der Waals surface area (Å²) in [5, 5.41) is 0. The molecule has 2 unspecified atom stereocenters. The predicted octanol–water partition coefficient (Wildman–Crippen LogP) is 4.81. The largest absolute Gasteiger partial charge is 0.439 e. The summed E-state index contributed by atoms with van der Waals surface area (Å²) in [6.07, 6.45) is 2.33. The summed E-state index contributed by atoms with van der Waals surface area (Å²) in [5.74, 6) is 2.23. The number of benzene rings is 2. The third kappa shape index (κ3) is 4.74. The number of carbonyl (C=O) groups excluding carboxylic acids is 1. The van der Waals surface area contributed by atoms with Gasteiger partial charge in [0.25, 0.3) is 0 Å². The van der Waals surface area contributed by atoms with Crippen LogP contribution in [0.1, 0.15) is 37.3 Å². The summed E-state index contributed by atoms with van der Waals surface area (Å²) in [6, 6.07) is 19.9. The fourth-order valence-electron chi connectivity index (χ4n) is 4.27. The van der Waals surface area contributed by atoms with Gasteiger partial charge in [0.1, 0.15) is 17.9 Å². The molecule has 6 heteroatoms. The van der Waals surface area contributed by atoms with Crippen molar-refractivity contribution < 1.29 is 9.53 Å². The molecule has 4 rings (SSSR count). The van der Waals surface area contributed by atoms with E-state index in [4.69, 9.17) is 4.74 Å². The molecule has 1 aliphatic rings. The summed E-state index contributed by atoms with van der Waals surface area (Å²) in [5.41, 5.74) is 2.14. The van der Waals surface area contributed by atoms with E-state index in [0.717, 1.165) is 42.2 Å². The minimum absolute atomic E-state index is 0.0877. The molecule has 3 aromatic rings. The Bertz CT molecular complexity index is 1060. The number of piperazine rings is 1. The van der Waals surface area contributed by atoms with Crippen LogP contribution in [0.2, 0.25) is 0 Å². The first-order valence-corrected chi connectivity index (χ1v) is 11.2. The third-order valence-electron chi connectivity index (χ3n) is 6.08. The number of nitrogens with zero attached hydrogens (tertiary/aromatic N) is 4. The van der Waals surface area contributed by atoms with Gasteiger partial charge >= 0.3 is 0 Å². The van der Waals surface area contributed by atoms with Gasteiger partial charge in [-0.2, -0.15) is 0 Å². The number of aryl methyl sites for hydroxylation is 1. The fraction of sp³-hybridized carbons (Fsp3) is 0.346. The summed E-state index contributed by atoms with van der Waals surface area (Å²) >= 11 is 0. The Morgan fingerprint density at radius 1 is 1.09 bits per heavy atom. The lowest BCUT2D eigenvalue weighted by Gasteiger charge is -2.41. The van der Waals surface area contributed by atoms with Crippen LogP contribution in [0.3, 0.4) is 0 Å². The molecule has 2 aromatic carbocycles. The van der Waals surface area contributed by atoms with Crippen molar-refractivity contribution in [3.8, 4) is 11.6 Å². The average molecular weight is 431 g/mol. The molecule has 0 bridgehead atoms. The smallest absolute Gasteiger partial charge is 0.230 e. The van der Waals surface area contributed by atoms with Crippen molar-refractivity contribution in [3.05, 3.63) is 78.1 Å². The number of amides is 1. The third-order valence-corrected chi connectivity index (χ3v) is 6.08. The van der Waals surface area contributed by atoms with E-state index < -0.39 is 0 Å². The van der Waals surface area contributed by atoms with Crippen LogP contribution >= 0.6 is 0 Å². The molecule has 1 fully saturated rings. The molecule has 0 aliphatic carbocycles. The maximum atomic E-state index is 13.3. The lowest BCUT2D eigenvalue weighted by molar-refractivity contribution is -0.135. The number of aromatic nitrogens is 2. The highest BCUT2D eigenvalue weighted by atomic mass is 16.5. The molecule has 166 valence electrons. The Kier molecular flexibility index (Phi) is 6.69. The van der Waals surface area contributed by atoms with Crippen LogP contribution in [0.25, 0.3) is 0 Å². The van der Waals surface area contributed by atoms with E-state index in [1.165, 1.54) is 6.33 Å². The topological polar surface area (TPSA) is 58.6 Å². The standard InChI is InChI=1S/C26H30N4O2/c1-4-22(21-11-6-5-7-12-21)26(31)30-15-14-29(17-20(30)3)24-16-25(28-18-27-24)32-23-13-9-8-10-19(23)2/h5-13,16,18,20,22H,4,14-15,17H2,1-3H3. The molecule has 1 amide bonds. The normalized spacial score (nSPS) is 17.2. The Morgan fingerprint density at radius 2 is 1.84 bits per heavy atom. The first-order valence-electron chi connectivity index (χ1n) is 11.2. The van der Waals surface area contributed by atoms with Gasteiger partial charge in [0, 0.05) is 31.7 Å². The van der Waals surface area contributed by atoms with Gasteiger partial charge in [-0.05, 0) is 37.5 Å². The maximum absolute atomic E-state index is 13.3. The average Bonchev–Trinajstić information content (AvgIpc) is 2.82. The summed E-state index contributed by atoms with van der Waals surface area (Å²) in [4.78, 5) is 26.3. The van der Waals surface area contributed by atoms with E-state index in [1.54, 1.807) is 0 Å². The lowest BCUT2D eigenvalue weighted by Crippen LogP contribution is -2.55. The van der Waals surface area contributed by atoms with Crippen LogP contribution in [-0.4, -0.2) is 46.5 Å². The molecule has 1 aromatic heterocycles. The molecule has 1 saturated heterocycles. The van der Waals surface area contributed by atoms with Gasteiger partial charge in [-0.1, -0.05) is 55.5 Å². The van der Waals surface area contributed by atoms with Gasteiger partial charge in [-0.15, -0.1) is 0 Å². The van der Waals surface area contributed by atoms with Crippen molar-refractivity contribution in [2.75, 3.05) is 24.5 Å². The first kappa shape index (κ1) is 21.8. The van der Waals surface area contributed by atoms with E-state index in [-0.39, 0.29) is 17.9 Å². The number of rotatable bonds is 6. The zero-order valence-corrected chi connectivity index (χ0v) is 18.9. The zero-order chi connectivity index (χ0) is 22.5. The summed E-state index contributed by atoms with van der Waals surface area (Å²) < 4.78 is 5.98. The number of para-hydroxylation sites is 1. The van der Waals surface area contributed by atoms with E-state index in [1.807, 2.05) is 72.5 Å². The molecule has 32 heavy (non-hydrogen) atoms. The van der Waals surface area contributed by atoms with Crippen LogP contribution in [0.5, 0.6) is 11.6 Å². The van der Waals surface area contributed by atoms with Gasteiger partial charge in [-0.3, -0.25) is 4.79 Å². The highest BCUT2D eigenvalue weighted by molar-refractivity contribution is 5.84. The monoisotopic (exact) mass is 430 g/mol. The van der Waals surface area contributed by atoms with Crippen molar-refractivity contribution >= 4 is 11.7 Å². The second-order valence-corrected chi connectivity index (χ2v) is 8.28. The lowest BCUT2D eigenvalue weighted by atomic mass is 9.94. The van der Waals surface area contributed by atoms with E-state index in [9.17, 15) is 4.79 Å². The molecule has 1 aliphatic heterocycles. The number of ether oxygens (including phenoxy) is 1. The Morgan fingerprint density at radius 3 is 2.56 bits per heavy atom. The Balaban J connectivity index is 1.44. The van der Waals surface area contributed by atoms with Crippen molar-refractivity contribution in [3.63, 3.8) is 0 Å². The van der Waals surface area contributed by atoms with Crippen LogP contribution in [0, 0.1) is 6.92 Å². The molecule has 0 saturated carbocycles. The fourth-order valence-corrected chi connectivity index (χ4v) is 4.27. The summed E-state index contributed by atoms with van der Waals surface area (Å²) in [7, 11) is 0. The Labute approximate surface area is 189 Å². The van der Waals surface area contributed by atoms with Gasteiger partial charge < -0.3 is 14.5 Å². The van der Waals surface area contributed by atoms with Crippen molar-refractivity contribution in [2.24, 2.45) is 0 Å². The van der Waals surface area contributed by atoms with Crippen molar-refractivity contribution in [1.82, 2.24) is 14.9 Å². The first-order chi connectivity index (χ1) is 15.6. The van der Waals surface area contributed by atoms with Crippen LogP contribution in [0.4, 0.5) is 5.82 Å². The molecule has 0 radical (unpaired) electrons. The molecule has 6 nitrogen and oxygen atoms in total. The van der Waals surface area contributed by atoms with E-state index in [0.29, 0.717) is 12.4 Å². The minimum atomic E-state index is -0.0987. The minimum Gasteiger partial charge on any atom is -0.439 e. The highest BCUT2D eigenvalue weighted by Gasteiger charge is 2.32. The molecular weight excluding hydrogens is 400 g/mol. The number of hydrogen-bond acceptors (Lipinski definition) is 5.